The van der Waals surface area contributed by atoms with Crippen molar-refractivity contribution >= 4 is 5.97 Å². The monoisotopic (exact) mass is 177 g/mol. The van der Waals surface area contributed by atoms with Crippen LogP contribution in [-0.4, -0.2) is 11.1 Å². The summed E-state index contributed by atoms with van der Waals surface area (Å²) in [5.74, 6) is -0.902. The SMILES string of the molecule is NC=CCc1ccc(C(=O)O)cc1. The molecule has 1 aromatic rings. The van der Waals surface area contributed by atoms with Gasteiger partial charge >= 0.3 is 5.97 Å². The Morgan fingerprint density at radius 3 is 2.46 bits per heavy atom. The smallest absolute Gasteiger partial charge is 0.335 e. The fourth-order valence-corrected chi connectivity index (χ4v) is 0.988. The molecule has 3 nitrogen and oxygen atoms in total. The van der Waals surface area contributed by atoms with E-state index in [2.05, 4.69) is 0 Å². The predicted octanol–water partition coefficient (Wildman–Crippen LogP) is 1.40. The normalized spacial score (nSPS) is 10.5. The van der Waals surface area contributed by atoms with Crippen LogP contribution in [0.5, 0.6) is 0 Å². The number of hydrogen-bond acceptors (Lipinski definition) is 2. The van der Waals surface area contributed by atoms with Gasteiger partial charge in [0, 0.05) is 0 Å². The highest BCUT2D eigenvalue weighted by molar-refractivity contribution is 5.87. The molecule has 0 unspecified atom stereocenters. The maximum absolute atomic E-state index is 10.5. The highest BCUT2D eigenvalue weighted by Crippen LogP contribution is 2.05. The van der Waals surface area contributed by atoms with E-state index in [1.165, 1.54) is 6.20 Å². The third-order valence-corrected chi connectivity index (χ3v) is 1.69. The fraction of sp³-hybridized carbons (Fsp3) is 0.100. The van der Waals surface area contributed by atoms with Crippen LogP contribution in [0.3, 0.4) is 0 Å². The summed E-state index contributed by atoms with van der Waals surface area (Å²) in [5, 5.41) is 8.62. The molecule has 0 bridgehead atoms. The molecule has 0 aliphatic carbocycles. The van der Waals surface area contributed by atoms with Gasteiger partial charge in [-0.1, -0.05) is 18.2 Å². The average molecular weight is 177 g/mol. The van der Waals surface area contributed by atoms with Gasteiger partial charge in [0.2, 0.25) is 0 Å². The summed E-state index contributed by atoms with van der Waals surface area (Å²) in [4.78, 5) is 10.5. The Kier molecular flexibility index (Phi) is 3.09. The summed E-state index contributed by atoms with van der Waals surface area (Å²) in [6.07, 6.45) is 4.03. The van der Waals surface area contributed by atoms with Crippen LogP contribution in [0, 0.1) is 0 Å². The second-order valence-corrected chi connectivity index (χ2v) is 2.63. The summed E-state index contributed by atoms with van der Waals surface area (Å²) >= 11 is 0. The largest absolute Gasteiger partial charge is 0.478 e. The number of rotatable bonds is 3. The first-order valence-electron chi connectivity index (χ1n) is 3.93. The lowest BCUT2D eigenvalue weighted by molar-refractivity contribution is 0.0697. The molecule has 3 N–H and O–H groups in total. The van der Waals surface area contributed by atoms with E-state index in [4.69, 9.17) is 10.8 Å². The van der Waals surface area contributed by atoms with Crippen LogP contribution in [0.2, 0.25) is 0 Å². The van der Waals surface area contributed by atoms with Crippen LogP contribution < -0.4 is 5.73 Å². The third-order valence-electron chi connectivity index (χ3n) is 1.69. The van der Waals surface area contributed by atoms with Crippen molar-refractivity contribution in [1.82, 2.24) is 0 Å². The van der Waals surface area contributed by atoms with Crippen LogP contribution >= 0.6 is 0 Å². The Labute approximate surface area is 76.5 Å². The number of nitrogens with two attached hydrogens (primary N) is 1. The molecule has 0 spiro atoms. The molecule has 1 rings (SSSR count). The van der Waals surface area contributed by atoms with Crippen molar-refractivity contribution in [3.8, 4) is 0 Å². The number of carboxylic acids is 1. The van der Waals surface area contributed by atoms with Crippen molar-refractivity contribution in [2.24, 2.45) is 5.73 Å². The Morgan fingerprint density at radius 2 is 2.00 bits per heavy atom. The summed E-state index contributed by atoms with van der Waals surface area (Å²) in [6, 6.07) is 6.73. The molecule has 0 atom stereocenters. The Morgan fingerprint density at radius 1 is 1.38 bits per heavy atom. The minimum atomic E-state index is -0.902. The maximum atomic E-state index is 10.5. The van der Waals surface area contributed by atoms with Gasteiger partial charge in [-0.15, -0.1) is 0 Å². The minimum absolute atomic E-state index is 0.306. The van der Waals surface area contributed by atoms with Crippen molar-refractivity contribution in [3.05, 3.63) is 47.7 Å². The number of carbonyl (C=O) groups is 1. The van der Waals surface area contributed by atoms with Crippen molar-refractivity contribution in [2.45, 2.75) is 6.42 Å². The molecule has 13 heavy (non-hydrogen) atoms. The molecule has 0 aromatic heterocycles. The number of hydrogen-bond donors (Lipinski definition) is 2. The lowest BCUT2D eigenvalue weighted by atomic mass is 10.1. The van der Waals surface area contributed by atoms with E-state index < -0.39 is 5.97 Å². The first-order valence-corrected chi connectivity index (χ1v) is 3.93. The zero-order valence-corrected chi connectivity index (χ0v) is 7.10. The first kappa shape index (κ1) is 9.32. The van der Waals surface area contributed by atoms with Gasteiger partial charge in [0.15, 0.2) is 0 Å². The molecule has 1 aromatic carbocycles. The van der Waals surface area contributed by atoms with Crippen LogP contribution in [-0.2, 0) is 6.42 Å². The van der Waals surface area contributed by atoms with Crippen LogP contribution in [0.25, 0.3) is 0 Å². The van der Waals surface area contributed by atoms with Crippen LogP contribution in [0.1, 0.15) is 15.9 Å². The zero-order chi connectivity index (χ0) is 9.68. The van der Waals surface area contributed by atoms with Gasteiger partial charge in [-0.25, -0.2) is 4.79 Å². The Balaban J connectivity index is 2.75. The van der Waals surface area contributed by atoms with Gasteiger partial charge in [-0.2, -0.15) is 0 Å². The molecular formula is C10H11NO2. The predicted molar refractivity (Wildman–Crippen MR) is 50.4 cm³/mol. The first-order chi connectivity index (χ1) is 6.24. The highest BCUT2D eigenvalue weighted by Gasteiger charge is 2.00. The molecule has 3 heteroatoms. The second-order valence-electron chi connectivity index (χ2n) is 2.63. The quantitative estimate of drug-likeness (QED) is 0.733. The summed E-state index contributed by atoms with van der Waals surface area (Å²) in [5.41, 5.74) is 6.53. The van der Waals surface area contributed by atoms with E-state index in [1.807, 2.05) is 6.08 Å². The third kappa shape index (κ3) is 2.63. The van der Waals surface area contributed by atoms with Crippen molar-refractivity contribution in [2.75, 3.05) is 0 Å². The molecule has 0 heterocycles. The number of aromatic carboxylic acids is 1. The fourth-order valence-electron chi connectivity index (χ4n) is 0.988. The van der Waals surface area contributed by atoms with E-state index in [-0.39, 0.29) is 0 Å². The molecule has 0 radical (unpaired) electrons. The van der Waals surface area contributed by atoms with E-state index >= 15 is 0 Å². The maximum Gasteiger partial charge on any atom is 0.335 e. The lowest BCUT2D eigenvalue weighted by Crippen LogP contribution is -1.95. The van der Waals surface area contributed by atoms with Gasteiger partial charge in [-0.3, -0.25) is 0 Å². The Hall–Kier alpha value is -1.77. The molecule has 0 aliphatic rings. The minimum Gasteiger partial charge on any atom is -0.478 e. The van der Waals surface area contributed by atoms with E-state index in [1.54, 1.807) is 24.3 Å². The van der Waals surface area contributed by atoms with Crippen molar-refractivity contribution < 1.29 is 9.90 Å². The van der Waals surface area contributed by atoms with Gasteiger partial charge in [-0.05, 0) is 30.3 Å². The molecule has 0 amide bonds. The van der Waals surface area contributed by atoms with E-state index in [9.17, 15) is 4.79 Å². The number of allylic oxidation sites excluding steroid dienone is 1. The second kappa shape index (κ2) is 4.30. The van der Waals surface area contributed by atoms with Gasteiger partial charge in [0.1, 0.15) is 0 Å². The average Bonchev–Trinajstić information content (AvgIpc) is 2.15. The molecule has 0 fully saturated rings. The summed E-state index contributed by atoms with van der Waals surface area (Å²) in [6.45, 7) is 0. The number of carboxylic acid groups (broad SMARTS) is 1. The number of benzene rings is 1. The molecule has 0 saturated heterocycles. The Bertz CT molecular complexity index is 314. The molecule has 0 aliphatic heterocycles. The molecule has 68 valence electrons. The zero-order valence-electron chi connectivity index (χ0n) is 7.10. The lowest BCUT2D eigenvalue weighted by Gasteiger charge is -1.97. The standard InChI is InChI=1S/C10H11NO2/c11-7-1-2-8-3-5-9(6-4-8)10(12)13/h1,3-7H,2,11H2,(H,12,13). The van der Waals surface area contributed by atoms with E-state index in [0.29, 0.717) is 5.56 Å². The highest BCUT2D eigenvalue weighted by atomic mass is 16.4. The summed E-state index contributed by atoms with van der Waals surface area (Å²) in [7, 11) is 0. The van der Waals surface area contributed by atoms with Gasteiger partial charge < -0.3 is 10.8 Å². The van der Waals surface area contributed by atoms with Crippen molar-refractivity contribution in [3.63, 3.8) is 0 Å². The molecular weight excluding hydrogens is 166 g/mol. The van der Waals surface area contributed by atoms with Gasteiger partial charge in [0.25, 0.3) is 0 Å². The van der Waals surface area contributed by atoms with Crippen molar-refractivity contribution in [1.29, 1.82) is 0 Å². The van der Waals surface area contributed by atoms with Crippen LogP contribution in [0.4, 0.5) is 0 Å². The summed E-state index contributed by atoms with van der Waals surface area (Å²) < 4.78 is 0. The molecule has 0 saturated carbocycles. The van der Waals surface area contributed by atoms with E-state index in [0.717, 1.165) is 12.0 Å². The van der Waals surface area contributed by atoms with Gasteiger partial charge in [0.05, 0.1) is 5.56 Å². The van der Waals surface area contributed by atoms with Crippen LogP contribution in [0.15, 0.2) is 36.5 Å². The topological polar surface area (TPSA) is 63.3 Å².